The van der Waals surface area contributed by atoms with E-state index in [-0.39, 0.29) is 49.7 Å². The number of benzene rings is 2. The summed E-state index contributed by atoms with van der Waals surface area (Å²) >= 11 is 0. The van der Waals surface area contributed by atoms with E-state index in [0.29, 0.717) is 38.3 Å². The third-order valence-electron chi connectivity index (χ3n) is 5.97. The third kappa shape index (κ3) is 8.10. The Labute approximate surface area is 226 Å². The first-order valence-electron chi connectivity index (χ1n) is 11.8. The van der Waals surface area contributed by atoms with Gasteiger partial charge in [-0.3, -0.25) is 14.6 Å². The Balaban J connectivity index is 0.00000324. The molecule has 0 unspecified atom stereocenters. The second kappa shape index (κ2) is 15.3. The van der Waals surface area contributed by atoms with E-state index in [2.05, 4.69) is 33.8 Å². The Hall–Kier alpha value is -2.83. The van der Waals surface area contributed by atoms with Crippen molar-refractivity contribution in [3.05, 3.63) is 64.7 Å². The van der Waals surface area contributed by atoms with E-state index >= 15 is 0 Å². The molecule has 0 atom stereocenters. The number of nitriles is 1. The Morgan fingerprint density at radius 1 is 1.03 bits per heavy atom. The van der Waals surface area contributed by atoms with Crippen LogP contribution in [0.5, 0.6) is 0 Å². The van der Waals surface area contributed by atoms with Crippen molar-refractivity contribution in [2.45, 2.75) is 33.9 Å². The largest absolute Gasteiger partial charge is 0.353 e. The predicted octanol–water partition coefficient (Wildman–Crippen LogP) is 3.02. The van der Waals surface area contributed by atoms with Gasteiger partial charge in [0.1, 0.15) is 0 Å². The monoisotopic (exact) mass is 534 g/mol. The zero-order valence-corrected chi connectivity index (χ0v) is 22.8. The van der Waals surface area contributed by atoms with Crippen LogP contribution in [0.4, 0.5) is 5.69 Å². The smallest absolute Gasteiger partial charge is 0.256 e. The summed E-state index contributed by atoms with van der Waals surface area (Å²) in [6, 6.07) is 15.7. The van der Waals surface area contributed by atoms with Crippen LogP contribution >= 0.6 is 24.8 Å². The molecule has 2 aromatic carbocycles. The van der Waals surface area contributed by atoms with Gasteiger partial charge in [0.2, 0.25) is 5.91 Å². The van der Waals surface area contributed by atoms with Crippen LogP contribution in [-0.4, -0.2) is 61.1 Å². The highest BCUT2D eigenvalue weighted by atomic mass is 35.5. The lowest BCUT2D eigenvalue weighted by molar-refractivity contribution is -0.148. The topological polar surface area (TPSA) is 91.7 Å². The van der Waals surface area contributed by atoms with Crippen molar-refractivity contribution in [1.29, 1.82) is 5.26 Å². The van der Waals surface area contributed by atoms with Gasteiger partial charge in [-0.2, -0.15) is 5.26 Å². The first-order valence-corrected chi connectivity index (χ1v) is 11.8. The minimum atomic E-state index is -0.163. The fraction of sp³-hybridized carbons (Fsp3) is 0.423. The number of aryl methyl sites for hydroxylation is 1. The van der Waals surface area contributed by atoms with Crippen molar-refractivity contribution >= 4 is 42.3 Å². The molecule has 0 fully saturated rings. The zero-order chi connectivity index (χ0) is 24.5. The highest BCUT2D eigenvalue weighted by Crippen LogP contribution is 2.25. The van der Waals surface area contributed by atoms with Crippen LogP contribution in [0.2, 0.25) is 0 Å². The number of nitrogens with one attached hydrogen (secondary N) is 2. The number of rotatable bonds is 11. The lowest BCUT2D eigenvalue weighted by atomic mass is 10.1. The lowest BCUT2D eigenvalue weighted by Gasteiger charge is -2.33. The number of hydrazine groups is 1. The molecule has 0 saturated carbocycles. The molecule has 0 aliphatic carbocycles. The Morgan fingerprint density at radius 3 is 2.28 bits per heavy atom. The summed E-state index contributed by atoms with van der Waals surface area (Å²) in [4.78, 5) is 27.9. The molecule has 3 rings (SSSR count). The van der Waals surface area contributed by atoms with Gasteiger partial charge in [0.15, 0.2) is 0 Å². The van der Waals surface area contributed by atoms with Gasteiger partial charge in [0, 0.05) is 38.4 Å². The fourth-order valence-electron chi connectivity index (χ4n) is 4.21. The van der Waals surface area contributed by atoms with Gasteiger partial charge >= 0.3 is 0 Å². The van der Waals surface area contributed by atoms with Gasteiger partial charge in [-0.05, 0) is 49.2 Å². The molecule has 2 N–H and O–H groups in total. The van der Waals surface area contributed by atoms with Gasteiger partial charge in [-0.1, -0.05) is 37.3 Å². The summed E-state index contributed by atoms with van der Waals surface area (Å²) in [5.41, 5.74) is 4.57. The number of hydrogen-bond acceptors (Lipinski definition) is 6. The second-order valence-corrected chi connectivity index (χ2v) is 8.37. The number of amides is 2. The maximum atomic E-state index is 13.5. The van der Waals surface area contributed by atoms with E-state index in [1.54, 1.807) is 22.0 Å². The maximum Gasteiger partial charge on any atom is 0.256 e. The molecule has 2 aromatic rings. The molecule has 1 aliphatic rings. The third-order valence-corrected chi connectivity index (χ3v) is 5.97. The highest BCUT2D eigenvalue weighted by Gasteiger charge is 2.28. The van der Waals surface area contributed by atoms with Crippen molar-refractivity contribution in [2.24, 2.45) is 0 Å². The minimum absolute atomic E-state index is 0. The van der Waals surface area contributed by atoms with E-state index in [9.17, 15) is 14.9 Å². The minimum Gasteiger partial charge on any atom is -0.353 e. The van der Waals surface area contributed by atoms with Crippen molar-refractivity contribution < 1.29 is 9.59 Å². The number of hydrogen-bond donors (Lipinski definition) is 2. The normalized spacial score (nSPS) is 11.9. The molecule has 10 heteroatoms. The Kier molecular flexibility index (Phi) is 13.3. The van der Waals surface area contributed by atoms with Crippen molar-refractivity contribution in [2.75, 3.05) is 44.2 Å². The van der Waals surface area contributed by atoms with Crippen molar-refractivity contribution in [1.82, 2.24) is 20.7 Å². The molecule has 8 nitrogen and oxygen atoms in total. The van der Waals surface area contributed by atoms with Crippen LogP contribution in [0, 0.1) is 18.3 Å². The quantitative estimate of drug-likeness (QED) is 0.430. The van der Waals surface area contributed by atoms with Crippen molar-refractivity contribution in [3.63, 3.8) is 0 Å². The van der Waals surface area contributed by atoms with Crippen LogP contribution in [0.15, 0.2) is 42.5 Å². The summed E-state index contributed by atoms with van der Waals surface area (Å²) in [6.45, 7) is 9.90. The molecule has 2 amide bonds. The first kappa shape index (κ1) is 31.2. The van der Waals surface area contributed by atoms with Gasteiger partial charge < -0.3 is 15.5 Å². The zero-order valence-electron chi connectivity index (χ0n) is 21.1. The Morgan fingerprint density at radius 2 is 1.69 bits per heavy atom. The summed E-state index contributed by atoms with van der Waals surface area (Å²) in [6.07, 6.45) is 0. The standard InChI is InChI=1S/C26H34N6O2.2ClH/c1-4-28-12-13-29-25(33)18-30(24-14-21(15-27)11-10-20(24)3)19-26(34)32(5-2)31-16-22-8-6-7-9-23(22)17-31;;/h6-11,14,28H,4-5,12-13,16-19H2,1-3H3,(H,29,33);2*1H. The van der Waals surface area contributed by atoms with Crippen LogP contribution in [0.3, 0.4) is 0 Å². The molecule has 0 aromatic heterocycles. The molecule has 0 radical (unpaired) electrons. The van der Waals surface area contributed by atoms with Crippen LogP contribution in [-0.2, 0) is 22.7 Å². The lowest BCUT2D eigenvalue weighted by Crippen LogP contribution is -2.50. The Bertz CT molecular complexity index is 1030. The molecule has 1 aliphatic heterocycles. The number of carbonyl (C=O) groups excluding carboxylic acids is 2. The predicted molar refractivity (Wildman–Crippen MR) is 147 cm³/mol. The number of carbonyl (C=O) groups is 2. The van der Waals surface area contributed by atoms with E-state index in [4.69, 9.17) is 0 Å². The van der Waals surface area contributed by atoms with E-state index in [1.807, 2.05) is 39.0 Å². The number of anilines is 1. The van der Waals surface area contributed by atoms with Crippen LogP contribution in [0.25, 0.3) is 0 Å². The summed E-state index contributed by atoms with van der Waals surface area (Å²) in [5, 5.41) is 19.3. The average Bonchev–Trinajstić information content (AvgIpc) is 3.26. The molecule has 1 heterocycles. The molecule has 36 heavy (non-hydrogen) atoms. The van der Waals surface area contributed by atoms with E-state index < -0.39 is 0 Å². The first-order chi connectivity index (χ1) is 16.5. The molecule has 0 bridgehead atoms. The fourth-order valence-corrected chi connectivity index (χ4v) is 4.21. The van der Waals surface area contributed by atoms with E-state index in [0.717, 1.165) is 17.8 Å². The SMILES string of the molecule is CCNCCNC(=O)CN(CC(=O)N(CC)N1Cc2ccccc2C1)c1cc(C#N)ccc1C.Cl.Cl. The van der Waals surface area contributed by atoms with Crippen molar-refractivity contribution in [3.8, 4) is 6.07 Å². The van der Waals surface area contributed by atoms with Gasteiger partial charge in [-0.15, -0.1) is 24.8 Å². The van der Waals surface area contributed by atoms with Crippen LogP contribution < -0.4 is 15.5 Å². The highest BCUT2D eigenvalue weighted by molar-refractivity contribution is 5.87. The molecular formula is C26H36Cl2N6O2. The maximum absolute atomic E-state index is 13.5. The second-order valence-electron chi connectivity index (χ2n) is 8.37. The average molecular weight is 536 g/mol. The summed E-state index contributed by atoms with van der Waals surface area (Å²) in [5.74, 6) is -0.249. The van der Waals surface area contributed by atoms with Crippen LogP contribution in [0.1, 0.15) is 36.1 Å². The number of fused-ring (bicyclic) bond motifs is 1. The summed E-state index contributed by atoms with van der Waals surface area (Å²) < 4.78 is 0. The number of likely N-dealkylation sites (N-methyl/N-ethyl adjacent to an activating group) is 2. The molecule has 0 saturated heterocycles. The number of nitrogens with zero attached hydrogens (tertiary/aromatic N) is 4. The van der Waals surface area contributed by atoms with Gasteiger partial charge in [0.05, 0.1) is 24.7 Å². The van der Waals surface area contributed by atoms with Gasteiger partial charge in [-0.25, -0.2) is 5.01 Å². The molecule has 0 spiro atoms. The summed E-state index contributed by atoms with van der Waals surface area (Å²) in [7, 11) is 0. The van der Waals surface area contributed by atoms with Gasteiger partial charge in [0.25, 0.3) is 5.91 Å². The number of halogens is 2. The molecule has 196 valence electrons. The van der Waals surface area contributed by atoms with E-state index in [1.165, 1.54) is 11.1 Å². The molecular weight excluding hydrogens is 499 g/mol.